The molecule has 3 rings (SSSR count). The highest BCUT2D eigenvalue weighted by atomic mass is 29.2. The lowest BCUT2D eigenvalue weighted by Crippen LogP contribution is -2.71. The summed E-state index contributed by atoms with van der Waals surface area (Å²) in [5.74, 6) is 0. The molecule has 0 fully saturated rings. The molecule has 0 aliphatic rings. The summed E-state index contributed by atoms with van der Waals surface area (Å²) >= 11 is 0. The van der Waals surface area contributed by atoms with Gasteiger partial charge in [0.25, 0.3) is 0 Å². The Hall–Kier alpha value is -1.91. The minimum Gasteiger partial charge on any atom is -0.0684 e. The second-order valence-corrected chi connectivity index (χ2v) is 13.0. The fraction of sp³-hybridized carbons (Fsp3) is 0.100. The number of hydrogen-bond donors (Lipinski definition) is 0. The maximum Gasteiger partial charge on any atom is 0.134 e. The third kappa shape index (κ3) is 2.72. The second kappa shape index (κ2) is 6.90. The van der Waals surface area contributed by atoms with Gasteiger partial charge in [0.2, 0.25) is 0 Å². The fourth-order valence-electron chi connectivity index (χ4n) is 3.14. The number of benzene rings is 3. The summed E-state index contributed by atoms with van der Waals surface area (Å²) in [6.45, 7) is 2.31. The zero-order valence-electron chi connectivity index (χ0n) is 12.9. The second-order valence-electron chi connectivity index (χ2n) is 5.38. The highest BCUT2D eigenvalue weighted by Gasteiger charge is 2.38. The molecule has 22 heavy (non-hydrogen) atoms. The minimum atomic E-state index is -1.90. The lowest BCUT2D eigenvalue weighted by Gasteiger charge is -2.33. The summed E-state index contributed by atoms with van der Waals surface area (Å²) in [6, 6.07) is 34.7. The van der Waals surface area contributed by atoms with Crippen LogP contribution in [0.25, 0.3) is 0 Å². The van der Waals surface area contributed by atoms with Crippen molar-refractivity contribution in [2.45, 2.75) is 13.0 Å². The van der Waals surface area contributed by atoms with E-state index in [1.165, 1.54) is 21.6 Å². The van der Waals surface area contributed by atoms with Crippen molar-refractivity contribution in [1.29, 1.82) is 0 Å². The summed E-state index contributed by atoms with van der Waals surface area (Å²) in [4.78, 5) is 0. The molecule has 0 amide bonds. The Balaban J connectivity index is 2.29. The van der Waals surface area contributed by atoms with Crippen molar-refractivity contribution in [1.82, 2.24) is 0 Å². The van der Waals surface area contributed by atoms with Gasteiger partial charge in [-0.25, -0.2) is 0 Å². The summed E-state index contributed by atoms with van der Waals surface area (Å²) < 4.78 is 0. The Labute approximate surface area is 136 Å². The van der Waals surface area contributed by atoms with Gasteiger partial charge in [0.15, 0.2) is 0 Å². The van der Waals surface area contributed by atoms with Gasteiger partial charge in [0.1, 0.15) is 7.59 Å². The average molecular weight is 317 g/mol. The molecular formula is C20H20Si2. The van der Waals surface area contributed by atoms with E-state index >= 15 is 0 Å². The van der Waals surface area contributed by atoms with Gasteiger partial charge in [0.05, 0.1) is 0 Å². The van der Waals surface area contributed by atoms with Crippen LogP contribution in [0.2, 0.25) is 6.04 Å². The standard InChI is InChI=1S/C20H20Si2/c1-2-21-22(18-12-6-3-7-13-18,19-14-8-4-9-15-19)20-16-10-5-11-17-20/h3-17H,2H2,1H3. The Bertz CT molecular complexity index is 597. The first kappa shape index (κ1) is 15.0. The molecule has 0 saturated heterocycles. The van der Waals surface area contributed by atoms with Crippen LogP contribution in [0.15, 0.2) is 91.0 Å². The van der Waals surface area contributed by atoms with Crippen LogP contribution in [-0.2, 0) is 0 Å². The van der Waals surface area contributed by atoms with E-state index in [0.29, 0.717) is 0 Å². The van der Waals surface area contributed by atoms with Gasteiger partial charge >= 0.3 is 0 Å². The Morgan fingerprint density at radius 2 is 0.909 bits per heavy atom. The maximum absolute atomic E-state index is 2.33. The molecule has 2 heteroatoms. The zero-order chi connectivity index (χ0) is 15.3. The summed E-state index contributed by atoms with van der Waals surface area (Å²) in [6.07, 6.45) is 0. The molecule has 2 radical (unpaired) electrons. The van der Waals surface area contributed by atoms with E-state index in [4.69, 9.17) is 0 Å². The lowest BCUT2D eigenvalue weighted by atomic mass is 10.3. The molecular weight excluding hydrogens is 296 g/mol. The average Bonchev–Trinajstić information content (AvgIpc) is 2.62. The molecule has 0 aliphatic carbocycles. The molecule has 0 spiro atoms. The van der Waals surface area contributed by atoms with Gasteiger partial charge in [-0.05, 0) is 0 Å². The Morgan fingerprint density at radius 3 is 1.18 bits per heavy atom. The zero-order valence-corrected chi connectivity index (χ0v) is 14.9. The van der Waals surface area contributed by atoms with E-state index in [0.717, 1.165) is 9.04 Å². The highest BCUT2D eigenvalue weighted by Crippen LogP contribution is 2.08. The normalized spacial score (nSPS) is 11.3. The van der Waals surface area contributed by atoms with Crippen LogP contribution in [0.4, 0.5) is 0 Å². The van der Waals surface area contributed by atoms with E-state index in [9.17, 15) is 0 Å². The molecule has 0 aromatic heterocycles. The SMILES string of the molecule is CC[Si][Si](c1ccccc1)(c1ccccc1)c1ccccc1. The molecule has 0 atom stereocenters. The first-order valence-electron chi connectivity index (χ1n) is 7.79. The molecule has 3 aromatic carbocycles. The maximum atomic E-state index is 2.33. The predicted molar refractivity (Wildman–Crippen MR) is 100 cm³/mol. The Kier molecular flexibility index (Phi) is 4.71. The van der Waals surface area contributed by atoms with Crippen LogP contribution >= 0.6 is 0 Å². The molecule has 0 aliphatic heterocycles. The first-order chi connectivity index (χ1) is 10.9. The molecule has 0 saturated carbocycles. The van der Waals surface area contributed by atoms with Gasteiger partial charge in [-0.1, -0.05) is 120 Å². The molecule has 3 aromatic rings. The first-order valence-corrected chi connectivity index (χ1v) is 12.0. The van der Waals surface area contributed by atoms with E-state index in [1.807, 2.05) is 0 Å². The summed E-state index contributed by atoms with van der Waals surface area (Å²) in [5.41, 5.74) is 0. The molecule has 0 nitrogen and oxygen atoms in total. The third-order valence-corrected chi connectivity index (χ3v) is 13.8. The highest BCUT2D eigenvalue weighted by molar-refractivity contribution is 7.43. The smallest absolute Gasteiger partial charge is 0.0684 e. The van der Waals surface area contributed by atoms with Crippen LogP contribution in [0.5, 0.6) is 0 Å². The van der Waals surface area contributed by atoms with Gasteiger partial charge in [-0.2, -0.15) is 0 Å². The quantitative estimate of drug-likeness (QED) is 0.501. The van der Waals surface area contributed by atoms with Crippen molar-refractivity contribution in [3.63, 3.8) is 0 Å². The largest absolute Gasteiger partial charge is 0.134 e. The predicted octanol–water partition coefficient (Wildman–Crippen LogP) is 2.80. The molecule has 0 unspecified atom stereocenters. The van der Waals surface area contributed by atoms with Crippen LogP contribution in [-0.4, -0.2) is 16.6 Å². The lowest BCUT2D eigenvalue weighted by molar-refractivity contribution is 1.47. The number of hydrogen-bond acceptors (Lipinski definition) is 0. The van der Waals surface area contributed by atoms with Crippen molar-refractivity contribution in [2.75, 3.05) is 0 Å². The van der Waals surface area contributed by atoms with Crippen molar-refractivity contribution >= 4 is 32.2 Å². The third-order valence-electron chi connectivity index (χ3n) is 4.06. The van der Waals surface area contributed by atoms with Crippen molar-refractivity contribution in [3.8, 4) is 0 Å². The van der Waals surface area contributed by atoms with Crippen molar-refractivity contribution < 1.29 is 0 Å². The Morgan fingerprint density at radius 1 is 0.591 bits per heavy atom. The molecule has 108 valence electrons. The van der Waals surface area contributed by atoms with E-state index in [1.54, 1.807) is 0 Å². The topological polar surface area (TPSA) is 0 Å². The fourth-order valence-corrected chi connectivity index (χ4v) is 12.3. The van der Waals surface area contributed by atoms with Crippen LogP contribution < -0.4 is 15.6 Å². The van der Waals surface area contributed by atoms with E-state index in [2.05, 4.69) is 97.9 Å². The van der Waals surface area contributed by atoms with Gasteiger partial charge in [-0.3, -0.25) is 0 Å². The van der Waals surface area contributed by atoms with Crippen LogP contribution in [0.1, 0.15) is 6.92 Å². The van der Waals surface area contributed by atoms with Gasteiger partial charge in [0, 0.05) is 9.04 Å². The van der Waals surface area contributed by atoms with Gasteiger partial charge in [-0.15, -0.1) is 0 Å². The molecule has 0 heterocycles. The van der Waals surface area contributed by atoms with Gasteiger partial charge < -0.3 is 0 Å². The van der Waals surface area contributed by atoms with Crippen molar-refractivity contribution in [3.05, 3.63) is 91.0 Å². The van der Waals surface area contributed by atoms with E-state index in [-0.39, 0.29) is 0 Å². The van der Waals surface area contributed by atoms with Crippen LogP contribution in [0, 0.1) is 0 Å². The summed E-state index contributed by atoms with van der Waals surface area (Å²) in [7, 11) is -0.949. The number of rotatable bonds is 5. The minimum absolute atomic E-state index is 0.947. The monoisotopic (exact) mass is 316 g/mol. The van der Waals surface area contributed by atoms with Crippen LogP contribution in [0.3, 0.4) is 0 Å². The summed E-state index contributed by atoms with van der Waals surface area (Å²) in [5, 5.41) is 4.56. The molecule has 0 bridgehead atoms. The van der Waals surface area contributed by atoms with Crippen molar-refractivity contribution in [2.24, 2.45) is 0 Å². The molecule has 0 N–H and O–H groups in total. The van der Waals surface area contributed by atoms with E-state index < -0.39 is 7.59 Å².